The van der Waals surface area contributed by atoms with Crippen molar-refractivity contribution in [2.75, 3.05) is 5.32 Å². The van der Waals surface area contributed by atoms with E-state index in [0.29, 0.717) is 6.42 Å². The van der Waals surface area contributed by atoms with E-state index in [4.69, 9.17) is 0 Å². The summed E-state index contributed by atoms with van der Waals surface area (Å²) in [5, 5.41) is 10.2. The van der Waals surface area contributed by atoms with Gasteiger partial charge in [0.2, 0.25) is 15.4 Å². The Hall–Kier alpha value is -1.84. The summed E-state index contributed by atoms with van der Waals surface area (Å²) in [6, 6.07) is 8.97. The van der Waals surface area contributed by atoms with E-state index in [2.05, 4.69) is 20.2 Å². The molecule has 0 aliphatic rings. The Kier molecular flexibility index (Phi) is 5.91. The Labute approximate surface area is 151 Å². The van der Waals surface area contributed by atoms with Crippen LogP contribution in [0.4, 0.5) is 5.13 Å². The van der Waals surface area contributed by atoms with Crippen LogP contribution in [0.15, 0.2) is 34.7 Å². The zero-order valence-corrected chi connectivity index (χ0v) is 16.2. The van der Waals surface area contributed by atoms with Crippen LogP contribution in [-0.4, -0.2) is 24.5 Å². The molecular formula is C16H22N4O3S2. The largest absolute Gasteiger partial charge is 0.300 e. The molecule has 0 saturated heterocycles. The van der Waals surface area contributed by atoms with E-state index in [-0.39, 0.29) is 21.4 Å². The maximum absolute atomic E-state index is 12.6. The highest BCUT2D eigenvalue weighted by Gasteiger charge is 2.27. The lowest BCUT2D eigenvalue weighted by Gasteiger charge is -2.16. The Morgan fingerprint density at radius 2 is 1.84 bits per heavy atom. The molecule has 1 atom stereocenters. The highest BCUT2D eigenvalue weighted by Crippen LogP contribution is 2.25. The van der Waals surface area contributed by atoms with E-state index in [9.17, 15) is 13.2 Å². The molecule has 0 aliphatic heterocycles. The van der Waals surface area contributed by atoms with Gasteiger partial charge in [0.1, 0.15) is 0 Å². The summed E-state index contributed by atoms with van der Waals surface area (Å²) in [7, 11) is -3.83. The van der Waals surface area contributed by atoms with Gasteiger partial charge in [0, 0.05) is 11.5 Å². The lowest BCUT2D eigenvalue weighted by atomic mass is 9.96. The maximum Gasteiger partial charge on any atom is 0.270 e. The van der Waals surface area contributed by atoms with Gasteiger partial charge in [0.25, 0.3) is 10.0 Å². The Bertz CT molecular complexity index is 827. The summed E-state index contributed by atoms with van der Waals surface area (Å²) < 4.78 is 27.6. The molecule has 136 valence electrons. The van der Waals surface area contributed by atoms with Crippen LogP contribution in [0.3, 0.4) is 0 Å². The van der Waals surface area contributed by atoms with E-state index in [1.54, 1.807) is 20.8 Å². The van der Waals surface area contributed by atoms with Crippen LogP contribution in [0.25, 0.3) is 0 Å². The van der Waals surface area contributed by atoms with Crippen molar-refractivity contribution in [3.05, 3.63) is 35.9 Å². The molecule has 25 heavy (non-hydrogen) atoms. The number of sulfonamides is 1. The second kappa shape index (κ2) is 7.59. The summed E-state index contributed by atoms with van der Waals surface area (Å²) >= 11 is 0.827. The van der Waals surface area contributed by atoms with Crippen molar-refractivity contribution >= 4 is 32.4 Å². The first-order valence-corrected chi connectivity index (χ1v) is 10.2. The summed E-state index contributed by atoms with van der Waals surface area (Å²) in [6.45, 7) is 7.17. The van der Waals surface area contributed by atoms with Gasteiger partial charge in [-0.3, -0.25) is 4.79 Å². The molecule has 7 nitrogen and oxygen atoms in total. The number of amides is 1. The molecule has 1 amide bonds. The molecule has 9 heteroatoms. The van der Waals surface area contributed by atoms with Gasteiger partial charge in [0.05, 0.1) is 0 Å². The third kappa shape index (κ3) is 5.07. The molecular weight excluding hydrogens is 360 g/mol. The molecule has 2 rings (SSSR count). The number of carbonyl (C=O) groups is 1. The van der Waals surface area contributed by atoms with Crippen molar-refractivity contribution < 1.29 is 13.2 Å². The summed E-state index contributed by atoms with van der Waals surface area (Å²) in [4.78, 5) is 12.0. The second-order valence-electron chi connectivity index (χ2n) is 6.57. The van der Waals surface area contributed by atoms with E-state index in [1.807, 2.05) is 37.3 Å². The third-order valence-electron chi connectivity index (χ3n) is 3.45. The number of carbonyl (C=O) groups excluding carboxylic acids is 1. The molecule has 0 saturated carbocycles. The number of hydrogen-bond donors (Lipinski definition) is 2. The predicted octanol–water partition coefficient (Wildman–Crippen LogP) is 2.95. The highest BCUT2D eigenvalue weighted by atomic mass is 32.2. The fourth-order valence-electron chi connectivity index (χ4n) is 1.96. The second-order valence-corrected chi connectivity index (χ2v) is 9.44. The minimum Gasteiger partial charge on any atom is -0.300 e. The topological polar surface area (TPSA) is 101 Å². The first kappa shape index (κ1) is 19.5. The molecule has 0 aliphatic carbocycles. The van der Waals surface area contributed by atoms with Crippen molar-refractivity contribution in [2.24, 2.45) is 5.41 Å². The minimum absolute atomic E-state index is 0.160. The number of hydrogen-bond acceptors (Lipinski definition) is 6. The van der Waals surface area contributed by atoms with E-state index < -0.39 is 15.4 Å². The number of rotatable bonds is 6. The molecule has 0 radical (unpaired) electrons. The summed E-state index contributed by atoms with van der Waals surface area (Å²) in [6.07, 6.45) is 0.593. The fourth-order valence-corrected chi connectivity index (χ4v) is 4.18. The van der Waals surface area contributed by atoms with Crippen LogP contribution >= 0.6 is 11.3 Å². The minimum atomic E-state index is -3.83. The van der Waals surface area contributed by atoms with Crippen LogP contribution in [0.5, 0.6) is 0 Å². The number of aromatic nitrogens is 2. The Morgan fingerprint density at radius 1 is 1.20 bits per heavy atom. The van der Waals surface area contributed by atoms with Gasteiger partial charge in [-0.05, 0) is 12.0 Å². The van der Waals surface area contributed by atoms with Crippen molar-refractivity contribution in [1.82, 2.24) is 14.9 Å². The van der Waals surface area contributed by atoms with Crippen molar-refractivity contribution in [3.8, 4) is 0 Å². The number of anilines is 1. The lowest BCUT2D eigenvalue weighted by molar-refractivity contribution is -0.123. The molecule has 0 unspecified atom stereocenters. The average Bonchev–Trinajstić information content (AvgIpc) is 3.02. The quantitative estimate of drug-likeness (QED) is 0.748. The molecule has 1 heterocycles. The van der Waals surface area contributed by atoms with Crippen LogP contribution < -0.4 is 10.0 Å². The normalized spacial score (nSPS) is 13.4. The van der Waals surface area contributed by atoms with Crippen molar-refractivity contribution in [3.63, 3.8) is 0 Å². The van der Waals surface area contributed by atoms with Gasteiger partial charge in [-0.15, -0.1) is 10.2 Å². The molecule has 2 N–H and O–H groups in total. The molecule has 0 fully saturated rings. The van der Waals surface area contributed by atoms with Gasteiger partial charge >= 0.3 is 0 Å². The number of benzene rings is 1. The molecule has 1 aromatic heterocycles. The maximum atomic E-state index is 12.6. The number of nitrogens with zero attached hydrogens (tertiary/aromatic N) is 2. The zero-order valence-electron chi connectivity index (χ0n) is 14.6. The highest BCUT2D eigenvalue weighted by molar-refractivity contribution is 7.91. The van der Waals surface area contributed by atoms with Gasteiger partial charge in [-0.25, -0.2) is 13.1 Å². The van der Waals surface area contributed by atoms with Gasteiger partial charge < -0.3 is 5.32 Å². The van der Waals surface area contributed by atoms with Crippen LogP contribution in [0.1, 0.15) is 45.7 Å². The van der Waals surface area contributed by atoms with Gasteiger partial charge in [-0.2, -0.15) is 0 Å². The fraction of sp³-hybridized carbons (Fsp3) is 0.438. The monoisotopic (exact) mass is 382 g/mol. The average molecular weight is 383 g/mol. The molecule has 0 spiro atoms. The van der Waals surface area contributed by atoms with Crippen molar-refractivity contribution in [1.29, 1.82) is 0 Å². The lowest BCUT2D eigenvalue weighted by Crippen LogP contribution is -2.28. The summed E-state index contributed by atoms with van der Waals surface area (Å²) in [5.41, 5.74) is 0.267. The van der Waals surface area contributed by atoms with Crippen LogP contribution in [-0.2, 0) is 14.8 Å². The molecule has 1 aromatic carbocycles. The smallest absolute Gasteiger partial charge is 0.270 e. The van der Waals surface area contributed by atoms with E-state index in [0.717, 1.165) is 16.9 Å². The summed E-state index contributed by atoms with van der Waals surface area (Å²) in [5.74, 6) is -0.253. The SMILES string of the molecule is CC[C@@H](NS(=O)(=O)c1nnc(NC(=O)C(C)(C)C)s1)c1ccccc1. The molecule has 2 aromatic rings. The standard InChI is InChI=1S/C16H22N4O3S2/c1-5-12(11-9-7-6-8-10-11)20-25(22,23)15-19-18-14(24-15)17-13(21)16(2,3)4/h6-10,12,20H,5H2,1-4H3,(H,17,18,21)/t12-/m1/s1. The first-order valence-electron chi connectivity index (χ1n) is 7.85. The number of nitrogens with one attached hydrogen (secondary N) is 2. The van der Waals surface area contributed by atoms with E-state index >= 15 is 0 Å². The predicted molar refractivity (Wildman–Crippen MR) is 97.8 cm³/mol. The van der Waals surface area contributed by atoms with Crippen LogP contribution in [0.2, 0.25) is 0 Å². The van der Waals surface area contributed by atoms with Crippen molar-refractivity contribution in [2.45, 2.75) is 44.5 Å². The van der Waals surface area contributed by atoms with Crippen LogP contribution in [0, 0.1) is 5.41 Å². The van der Waals surface area contributed by atoms with E-state index in [1.165, 1.54) is 0 Å². The molecule has 0 bridgehead atoms. The third-order valence-corrected chi connectivity index (χ3v) is 6.12. The first-order chi connectivity index (χ1) is 11.6. The zero-order chi connectivity index (χ0) is 18.7. The van der Waals surface area contributed by atoms with Gasteiger partial charge in [-0.1, -0.05) is 69.4 Å². The van der Waals surface area contributed by atoms with Gasteiger partial charge in [0.15, 0.2) is 0 Å². The Balaban J connectivity index is 2.16. The Morgan fingerprint density at radius 3 is 2.40 bits per heavy atom.